The summed E-state index contributed by atoms with van der Waals surface area (Å²) in [5.74, 6) is -0.910. The molecule has 0 bridgehead atoms. The highest BCUT2D eigenvalue weighted by atomic mass is 32.1. The molecule has 1 aliphatic rings. The first-order valence-electron chi connectivity index (χ1n) is 10.4. The Balaban J connectivity index is 1.77. The van der Waals surface area contributed by atoms with Gasteiger partial charge in [0.05, 0.1) is 5.69 Å². The summed E-state index contributed by atoms with van der Waals surface area (Å²) in [6, 6.07) is 16.0. The van der Waals surface area contributed by atoms with Gasteiger partial charge >= 0.3 is 0 Å². The zero-order valence-corrected chi connectivity index (χ0v) is 19.6. The first-order valence-corrected chi connectivity index (χ1v) is 10.8. The second-order valence-electron chi connectivity index (χ2n) is 8.25. The summed E-state index contributed by atoms with van der Waals surface area (Å²) in [7, 11) is 0. The number of carbonyl (C=O) groups is 2. The van der Waals surface area contributed by atoms with Gasteiger partial charge in [-0.05, 0) is 88.3 Å². The molecule has 0 aliphatic carbocycles. The molecular weight excluding hydrogens is 418 g/mol. The van der Waals surface area contributed by atoms with E-state index in [9.17, 15) is 9.59 Å². The van der Waals surface area contributed by atoms with Crippen molar-refractivity contribution in [2.75, 3.05) is 4.90 Å². The van der Waals surface area contributed by atoms with E-state index in [2.05, 4.69) is 34.1 Å². The van der Waals surface area contributed by atoms with Crippen molar-refractivity contribution in [3.8, 4) is 5.69 Å². The minimum Gasteiger partial charge on any atom is -0.318 e. The maximum absolute atomic E-state index is 13.4. The van der Waals surface area contributed by atoms with E-state index in [1.807, 2.05) is 58.9 Å². The fraction of sp³-hybridized carbons (Fsp3) is 0.192. The van der Waals surface area contributed by atoms with Crippen molar-refractivity contribution in [3.05, 3.63) is 87.7 Å². The van der Waals surface area contributed by atoms with E-state index in [4.69, 9.17) is 12.2 Å². The first kappa shape index (κ1) is 21.7. The quantitative estimate of drug-likeness (QED) is 0.358. The van der Waals surface area contributed by atoms with E-state index in [1.54, 1.807) is 6.08 Å². The number of amides is 2. The predicted octanol–water partition coefficient (Wildman–Crippen LogP) is 4.85. The van der Waals surface area contributed by atoms with Crippen LogP contribution < -0.4 is 10.2 Å². The van der Waals surface area contributed by atoms with Crippen LogP contribution in [0.3, 0.4) is 0 Å². The molecule has 1 fully saturated rings. The molecule has 0 unspecified atom stereocenters. The Bertz CT molecular complexity index is 1300. The lowest BCUT2D eigenvalue weighted by molar-refractivity contribution is -0.122. The molecule has 32 heavy (non-hydrogen) atoms. The van der Waals surface area contributed by atoms with Gasteiger partial charge in [-0.1, -0.05) is 35.4 Å². The van der Waals surface area contributed by atoms with Crippen LogP contribution in [0.15, 0.2) is 54.1 Å². The van der Waals surface area contributed by atoms with Crippen LogP contribution in [0, 0.1) is 34.6 Å². The van der Waals surface area contributed by atoms with Crippen LogP contribution in [0.25, 0.3) is 11.8 Å². The molecule has 2 amide bonds. The molecule has 1 saturated heterocycles. The summed E-state index contributed by atoms with van der Waals surface area (Å²) in [6.45, 7) is 9.96. The second-order valence-corrected chi connectivity index (χ2v) is 8.63. The van der Waals surface area contributed by atoms with Gasteiger partial charge in [0.15, 0.2) is 5.11 Å². The summed E-state index contributed by atoms with van der Waals surface area (Å²) in [5, 5.41) is 2.76. The van der Waals surface area contributed by atoms with Crippen molar-refractivity contribution < 1.29 is 9.59 Å². The molecule has 0 atom stereocenters. The third-order valence-electron chi connectivity index (χ3n) is 5.76. The largest absolute Gasteiger partial charge is 0.318 e. The van der Waals surface area contributed by atoms with E-state index >= 15 is 0 Å². The fourth-order valence-corrected chi connectivity index (χ4v) is 4.39. The zero-order chi connectivity index (χ0) is 23.2. The molecular formula is C26H25N3O2S. The van der Waals surface area contributed by atoms with Crippen LogP contribution in [0.1, 0.15) is 33.6 Å². The number of anilines is 1. The van der Waals surface area contributed by atoms with E-state index < -0.39 is 11.8 Å². The molecule has 0 saturated carbocycles. The summed E-state index contributed by atoms with van der Waals surface area (Å²) < 4.78 is 2.11. The Labute approximate surface area is 193 Å². The van der Waals surface area contributed by atoms with Gasteiger partial charge in [-0.3, -0.25) is 19.8 Å². The lowest BCUT2D eigenvalue weighted by atomic mass is 10.0. The smallest absolute Gasteiger partial charge is 0.270 e. The third kappa shape index (κ3) is 3.78. The predicted molar refractivity (Wildman–Crippen MR) is 132 cm³/mol. The molecule has 162 valence electrons. The highest BCUT2D eigenvalue weighted by molar-refractivity contribution is 7.80. The Hall–Kier alpha value is -3.51. The standard InChI is InChI=1S/C26H25N3O2S/c1-15-6-9-21(10-7-15)28-18(4)13-20(19(28)5)14-22-24(30)27-26(32)29(25(22)31)23-11-8-16(2)12-17(23)3/h6-14H,1-5H3,(H,27,30,32)/b22-14+. The minimum atomic E-state index is -0.485. The topological polar surface area (TPSA) is 54.3 Å². The van der Waals surface area contributed by atoms with E-state index in [1.165, 1.54) is 10.5 Å². The number of carbonyl (C=O) groups excluding carboxylic acids is 2. The third-order valence-corrected chi connectivity index (χ3v) is 6.04. The van der Waals surface area contributed by atoms with Crippen molar-refractivity contribution in [1.82, 2.24) is 9.88 Å². The zero-order valence-electron chi connectivity index (χ0n) is 18.8. The summed E-state index contributed by atoms with van der Waals surface area (Å²) >= 11 is 5.34. The van der Waals surface area contributed by atoms with Crippen LogP contribution in [0.5, 0.6) is 0 Å². The number of benzene rings is 2. The van der Waals surface area contributed by atoms with Crippen molar-refractivity contribution in [3.63, 3.8) is 0 Å². The maximum Gasteiger partial charge on any atom is 0.270 e. The number of rotatable bonds is 3. The van der Waals surface area contributed by atoms with Gasteiger partial charge < -0.3 is 4.57 Å². The Kier molecular flexibility index (Phi) is 5.57. The average molecular weight is 444 g/mol. The lowest BCUT2D eigenvalue weighted by Gasteiger charge is -2.30. The summed E-state index contributed by atoms with van der Waals surface area (Å²) in [4.78, 5) is 27.5. The SMILES string of the molecule is Cc1ccc(-n2c(C)cc(/C=C3\C(=O)NC(=S)N(c4ccc(C)cc4C)C3=O)c2C)cc1. The van der Waals surface area contributed by atoms with Gasteiger partial charge in [0, 0.05) is 17.1 Å². The highest BCUT2D eigenvalue weighted by Gasteiger charge is 2.35. The van der Waals surface area contributed by atoms with Gasteiger partial charge in [0.1, 0.15) is 5.57 Å². The van der Waals surface area contributed by atoms with E-state index in [-0.39, 0.29) is 10.7 Å². The average Bonchev–Trinajstić information content (AvgIpc) is 3.00. The van der Waals surface area contributed by atoms with Crippen molar-refractivity contribution in [1.29, 1.82) is 0 Å². The maximum atomic E-state index is 13.4. The first-order chi connectivity index (χ1) is 15.2. The lowest BCUT2D eigenvalue weighted by Crippen LogP contribution is -2.54. The Morgan fingerprint density at radius 1 is 0.875 bits per heavy atom. The van der Waals surface area contributed by atoms with Gasteiger partial charge in [0.2, 0.25) is 0 Å². The number of nitrogens with zero attached hydrogens (tertiary/aromatic N) is 2. The Morgan fingerprint density at radius 3 is 2.19 bits per heavy atom. The molecule has 1 aromatic heterocycles. The van der Waals surface area contributed by atoms with Crippen LogP contribution >= 0.6 is 12.2 Å². The molecule has 2 heterocycles. The molecule has 2 aromatic carbocycles. The van der Waals surface area contributed by atoms with Crippen molar-refractivity contribution in [2.24, 2.45) is 0 Å². The van der Waals surface area contributed by atoms with Gasteiger partial charge in [-0.2, -0.15) is 0 Å². The van der Waals surface area contributed by atoms with E-state index in [0.717, 1.165) is 33.8 Å². The Morgan fingerprint density at radius 2 is 1.53 bits per heavy atom. The summed E-state index contributed by atoms with van der Waals surface area (Å²) in [6.07, 6.45) is 1.66. The number of hydrogen-bond donors (Lipinski definition) is 1. The molecule has 6 heteroatoms. The highest BCUT2D eigenvalue weighted by Crippen LogP contribution is 2.28. The van der Waals surface area contributed by atoms with E-state index in [0.29, 0.717) is 5.69 Å². The molecule has 0 spiro atoms. The monoisotopic (exact) mass is 443 g/mol. The van der Waals surface area contributed by atoms with Crippen LogP contribution in [-0.2, 0) is 9.59 Å². The summed E-state index contributed by atoms with van der Waals surface area (Å²) in [5.41, 5.74) is 7.73. The molecule has 1 N–H and O–H groups in total. The molecule has 4 rings (SSSR count). The second kappa shape index (κ2) is 8.20. The minimum absolute atomic E-state index is 0.0581. The van der Waals surface area contributed by atoms with Crippen LogP contribution in [-0.4, -0.2) is 21.5 Å². The number of thiocarbonyl (C=S) groups is 1. The molecule has 3 aromatic rings. The van der Waals surface area contributed by atoms with Gasteiger partial charge in [-0.15, -0.1) is 0 Å². The van der Waals surface area contributed by atoms with Crippen LogP contribution in [0.4, 0.5) is 5.69 Å². The number of aryl methyl sites for hydroxylation is 4. The normalized spacial score (nSPS) is 15.5. The van der Waals surface area contributed by atoms with Crippen LogP contribution in [0.2, 0.25) is 0 Å². The molecule has 0 radical (unpaired) electrons. The van der Waals surface area contributed by atoms with Gasteiger partial charge in [0.25, 0.3) is 11.8 Å². The van der Waals surface area contributed by atoms with Crippen molar-refractivity contribution in [2.45, 2.75) is 34.6 Å². The van der Waals surface area contributed by atoms with Crippen molar-refractivity contribution >= 4 is 40.9 Å². The molecule has 5 nitrogen and oxygen atoms in total. The fourth-order valence-electron chi connectivity index (χ4n) is 4.11. The number of aromatic nitrogens is 1. The number of hydrogen-bond acceptors (Lipinski definition) is 3. The molecule has 1 aliphatic heterocycles. The number of nitrogens with one attached hydrogen (secondary N) is 1. The van der Waals surface area contributed by atoms with Gasteiger partial charge in [-0.25, -0.2) is 0 Å².